The highest BCUT2D eigenvalue weighted by molar-refractivity contribution is 6.44. The number of unbranched alkanes of at least 4 members (excludes halogenated alkanes) is 1. The van der Waals surface area contributed by atoms with E-state index in [0.717, 1.165) is 12.8 Å². The summed E-state index contributed by atoms with van der Waals surface area (Å²) in [6.07, 6.45) is 1.78. The standard InChI is InChI=1S/C19H19Cl2NO4/c1-2-3-11-25-17(23)12-26-14-9-7-13(8-10-14)19(24)22-16-6-4-5-15(20)18(16)21/h4-10H,2-3,11-12H2,1H3,(H,22,24). The largest absolute Gasteiger partial charge is 0.482 e. The molecule has 0 aliphatic carbocycles. The number of hydrogen-bond donors (Lipinski definition) is 1. The lowest BCUT2D eigenvalue weighted by molar-refractivity contribution is -0.146. The van der Waals surface area contributed by atoms with Crippen LogP contribution >= 0.6 is 23.2 Å². The van der Waals surface area contributed by atoms with Crippen LogP contribution in [0.15, 0.2) is 42.5 Å². The zero-order valence-electron chi connectivity index (χ0n) is 14.3. The van der Waals surface area contributed by atoms with Crippen LogP contribution in [0.1, 0.15) is 30.1 Å². The zero-order chi connectivity index (χ0) is 18.9. The van der Waals surface area contributed by atoms with Crippen LogP contribution < -0.4 is 10.1 Å². The van der Waals surface area contributed by atoms with Crippen molar-refractivity contribution in [3.63, 3.8) is 0 Å². The van der Waals surface area contributed by atoms with E-state index in [2.05, 4.69) is 5.32 Å². The molecule has 2 rings (SSSR count). The van der Waals surface area contributed by atoms with Gasteiger partial charge in [-0.15, -0.1) is 0 Å². The molecule has 1 N–H and O–H groups in total. The number of benzene rings is 2. The molecule has 0 saturated carbocycles. The fraction of sp³-hybridized carbons (Fsp3) is 0.263. The van der Waals surface area contributed by atoms with E-state index in [1.807, 2.05) is 6.92 Å². The molecule has 2 aromatic carbocycles. The van der Waals surface area contributed by atoms with Crippen molar-refractivity contribution in [2.45, 2.75) is 19.8 Å². The number of hydrogen-bond acceptors (Lipinski definition) is 4. The molecule has 0 aliphatic heterocycles. The molecular formula is C19H19Cl2NO4. The number of amides is 1. The molecule has 0 aliphatic rings. The molecule has 0 bridgehead atoms. The van der Waals surface area contributed by atoms with Gasteiger partial charge in [0.05, 0.1) is 22.3 Å². The summed E-state index contributed by atoms with van der Waals surface area (Å²) in [6, 6.07) is 11.4. The number of rotatable bonds is 8. The Balaban J connectivity index is 1.89. The highest BCUT2D eigenvalue weighted by Gasteiger charge is 2.11. The van der Waals surface area contributed by atoms with Gasteiger partial charge in [0.25, 0.3) is 5.91 Å². The summed E-state index contributed by atoms with van der Waals surface area (Å²) in [4.78, 5) is 23.8. The Morgan fingerprint density at radius 1 is 1.08 bits per heavy atom. The Hall–Kier alpha value is -2.24. The first-order valence-corrected chi connectivity index (χ1v) is 8.90. The SMILES string of the molecule is CCCCOC(=O)COc1ccc(C(=O)Nc2cccc(Cl)c2Cl)cc1. The monoisotopic (exact) mass is 395 g/mol. The van der Waals surface area contributed by atoms with Crippen molar-refractivity contribution < 1.29 is 19.1 Å². The molecule has 0 fully saturated rings. The third-order valence-corrected chi connectivity index (χ3v) is 4.25. The van der Waals surface area contributed by atoms with Gasteiger partial charge in [-0.2, -0.15) is 0 Å². The Morgan fingerprint density at radius 3 is 2.50 bits per heavy atom. The highest BCUT2D eigenvalue weighted by atomic mass is 35.5. The number of nitrogens with one attached hydrogen (secondary N) is 1. The van der Waals surface area contributed by atoms with Crippen LogP contribution in [0.2, 0.25) is 10.0 Å². The van der Waals surface area contributed by atoms with Crippen molar-refractivity contribution in [2.75, 3.05) is 18.5 Å². The van der Waals surface area contributed by atoms with E-state index >= 15 is 0 Å². The summed E-state index contributed by atoms with van der Waals surface area (Å²) in [7, 11) is 0. The van der Waals surface area contributed by atoms with Crippen LogP contribution in [0.4, 0.5) is 5.69 Å². The van der Waals surface area contributed by atoms with Gasteiger partial charge in [-0.25, -0.2) is 4.79 Å². The molecule has 0 radical (unpaired) electrons. The fourth-order valence-electron chi connectivity index (χ4n) is 2.01. The second kappa shape index (κ2) is 10.0. The summed E-state index contributed by atoms with van der Waals surface area (Å²) in [5.74, 6) is -0.287. The van der Waals surface area contributed by atoms with Crippen LogP contribution in [0.3, 0.4) is 0 Å². The van der Waals surface area contributed by atoms with Gasteiger partial charge in [-0.05, 0) is 42.8 Å². The summed E-state index contributed by atoms with van der Waals surface area (Å²) in [5.41, 5.74) is 0.846. The molecule has 7 heteroatoms. The second-order valence-electron chi connectivity index (χ2n) is 5.44. The van der Waals surface area contributed by atoms with E-state index in [1.54, 1.807) is 42.5 Å². The van der Waals surface area contributed by atoms with E-state index in [4.69, 9.17) is 32.7 Å². The molecule has 1 amide bonds. The van der Waals surface area contributed by atoms with Gasteiger partial charge < -0.3 is 14.8 Å². The lowest BCUT2D eigenvalue weighted by atomic mass is 10.2. The Bertz CT molecular complexity index is 763. The number of esters is 1. The predicted octanol–water partition coefficient (Wildman–Crippen LogP) is 4.97. The van der Waals surface area contributed by atoms with E-state index in [1.165, 1.54) is 0 Å². The number of halogens is 2. The summed E-state index contributed by atoms with van der Waals surface area (Å²) in [5, 5.41) is 3.34. The minimum absolute atomic E-state index is 0.173. The molecule has 26 heavy (non-hydrogen) atoms. The minimum Gasteiger partial charge on any atom is -0.482 e. The number of anilines is 1. The molecule has 5 nitrogen and oxygen atoms in total. The summed E-state index contributed by atoms with van der Waals surface area (Å²) in [6.45, 7) is 2.24. The average Bonchev–Trinajstić information content (AvgIpc) is 2.64. The van der Waals surface area contributed by atoms with Gasteiger partial charge in [0.15, 0.2) is 6.61 Å². The lowest BCUT2D eigenvalue weighted by Crippen LogP contribution is -2.15. The molecule has 0 saturated heterocycles. The van der Waals surface area contributed by atoms with Gasteiger partial charge in [0.1, 0.15) is 5.75 Å². The maximum Gasteiger partial charge on any atom is 0.344 e. The van der Waals surface area contributed by atoms with Crippen LogP contribution in [0, 0.1) is 0 Å². The van der Waals surface area contributed by atoms with Crippen molar-refractivity contribution in [1.29, 1.82) is 0 Å². The first-order chi connectivity index (χ1) is 12.5. The van der Waals surface area contributed by atoms with Crippen molar-refractivity contribution in [3.8, 4) is 5.75 Å². The molecule has 0 spiro atoms. The van der Waals surface area contributed by atoms with Gasteiger partial charge >= 0.3 is 5.97 Å². The Kier molecular flexibility index (Phi) is 7.75. The van der Waals surface area contributed by atoms with Crippen LogP contribution in [-0.2, 0) is 9.53 Å². The van der Waals surface area contributed by atoms with Crippen molar-refractivity contribution in [2.24, 2.45) is 0 Å². The van der Waals surface area contributed by atoms with E-state index in [-0.39, 0.29) is 17.5 Å². The van der Waals surface area contributed by atoms with Crippen LogP contribution in [0.5, 0.6) is 5.75 Å². The van der Waals surface area contributed by atoms with Gasteiger partial charge in [0.2, 0.25) is 0 Å². The minimum atomic E-state index is -0.420. The second-order valence-corrected chi connectivity index (χ2v) is 6.23. The van der Waals surface area contributed by atoms with E-state index < -0.39 is 5.97 Å². The average molecular weight is 396 g/mol. The molecular weight excluding hydrogens is 377 g/mol. The van der Waals surface area contributed by atoms with Crippen molar-refractivity contribution in [1.82, 2.24) is 0 Å². The number of carbonyl (C=O) groups excluding carboxylic acids is 2. The molecule has 0 atom stereocenters. The number of carbonyl (C=O) groups is 2. The third-order valence-electron chi connectivity index (χ3n) is 3.43. The molecule has 138 valence electrons. The van der Waals surface area contributed by atoms with Gasteiger partial charge in [0, 0.05) is 5.56 Å². The molecule has 0 unspecified atom stereocenters. The maximum absolute atomic E-state index is 12.3. The Labute approximate surface area is 162 Å². The highest BCUT2D eigenvalue weighted by Crippen LogP contribution is 2.29. The fourth-order valence-corrected chi connectivity index (χ4v) is 2.36. The molecule has 0 aromatic heterocycles. The topological polar surface area (TPSA) is 64.6 Å². The van der Waals surface area contributed by atoms with Crippen molar-refractivity contribution in [3.05, 3.63) is 58.1 Å². The molecule has 2 aromatic rings. The maximum atomic E-state index is 12.3. The van der Waals surface area contributed by atoms with Gasteiger partial charge in [-0.3, -0.25) is 4.79 Å². The van der Waals surface area contributed by atoms with Gasteiger partial charge in [-0.1, -0.05) is 42.6 Å². The summed E-state index contributed by atoms with van der Waals surface area (Å²) < 4.78 is 10.3. The van der Waals surface area contributed by atoms with Crippen molar-refractivity contribution >= 4 is 40.8 Å². The first kappa shape index (κ1) is 20.1. The normalized spacial score (nSPS) is 10.3. The number of ether oxygens (including phenoxy) is 2. The predicted molar refractivity (Wildman–Crippen MR) is 102 cm³/mol. The van der Waals surface area contributed by atoms with E-state index in [0.29, 0.717) is 28.6 Å². The quantitative estimate of drug-likeness (QED) is 0.506. The first-order valence-electron chi connectivity index (χ1n) is 8.15. The van der Waals surface area contributed by atoms with Crippen LogP contribution in [-0.4, -0.2) is 25.1 Å². The zero-order valence-corrected chi connectivity index (χ0v) is 15.8. The smallest absolute Gasteiger partial charge is 0.344 e. The molecule has 0 heterocycles. The summed E-state index contributed by atoms with van der Waals surface area (Å²) >= 11 is 12.0. The Morgan fingerprint density at radius 2 is 1.81 bits per heavy atom. The third kappa shape index (κ3) is 5.93. The van der Waals surface area contributed by atoms with E-state index in [9.17, 15) is 9.59 Å². The lowest BCUT2D eigenvalue weighted by Gasteiger charge is -2.09. The van der Waals surface area contributed by atoms with Crippen LogP contribution in [0.25, 0.3) is 0 Å².